The molecule has 1 rings (SSSR count). The van der Waals surface area contributed by atoms with Gasteiger partial charge in [-0.15, -0.1) is 0 Å². The van der Waals surface area contributed by atoms with Crippen molar-refractivity contribution in [2.75, 3.05) is 13.7 Å². The monoisotopic (exact) mass is 285 g/mol. The van der Waals surface area contributed by atoms with E-state index in [1.807, 2.05) is 51.1 Å². The van der Waals surface area contributed by atoms with Crippen molar-refractivity contribution in [3.8, 4) is 5.75 Å². The van der Waals surface area contributed by atoms with Crippen LogP contribution in [0.15, 0.2) is 53.8 Å². The zero-order valence-electron chi connectivity index (χ0n) is 13.2. The highest BCUT2D eigenvalue weighted by Crippen LogP contribution is 2.26. The van der Waals surface area contributed by atoms with Gasteiger partial charge >= 0.3 is 0 Å². The van der Waals surface area contributed by atoms with E-state index < -0.39 is 0 Å². The van der Waals surface area contributed by atoms with Gasteiger partial charge in [0.2, 0.25) is 0 Å². The molecule has 0 aliphatic carbocycles. The van der Waals surface area contributed by atoms with E-state index in [0.717, 1.165) is 29.2 Å². The Hall–Kier alpha value is -2.29. The maximum Gasteiger partial charge on any atom is 0.140 e. The first-order valence-corrected chi connectivity index (χ1v) is 6.98. The average molecular weight is 285 g/mol. The van der Waals surface area contributed by atoms with Crippen LogP contribution in [0.5, 0.6) is 5.75 Å². The van der Waals surface area contributed by atoms with Gasteiger partial charge in [0, 0.05) is 12.1 Å². The molecule has 3 heteroatoms. The van der Waals surface area contributed by atoms with E-state index in [0.29, 0.717) is 5.76 Å². The van der Waals surface area contributed by atoms with E-state index in [1.54, 1.807) is 19.4 Å². The van der Waals surface area contributed by atoms with Gasteiger partial charge in [-0.2, -0.15) is 0 Å². The number of hydrogen-bond acceptors (Lipinski definition) is 3. The van der Waals surface area contributed by atoms with Gasteiger partial charge in [0.1, 0.15) is 17.3 Å². The van der Waals surface area contributed by atoms with Gasteiger partial charge in [-0.25, -0.2) is 0 Å². The summed E-state index contributed by atoms with van der Waals surface area (Å²) in [5.41, 5.74) is 2.07. The molecule has 0 N–H and O–H groups in total. The van der Waals surface area contributed by atoms with Crippen LogP contribution in [-0.4, -0.2) is 19.9 Å². The highest BCUT2D eigenvalue weighted by atomic mass is 16.5. The molecule has 0 saturated carbocycles. The Bertz CT molecular complexity index is 569. The molecule has 0 saturated heterocycles. The molecule has 0 radical (unpaired) electrons. The first kappa shape index (κ1) is 16.8. The third-order valence-corrected chi connectivity index (χ3v) is 2.88. The second kappa shape index (κ2) is 8.80. The van der Waals surface area contributed by atoms with Crippen LogP contribution >= 0.6 is 0 Å². The molecule has 21 heavy (non-hydrogen) atoms. The van der Waals surface area contributed by atoms with Crippen LogP contribution in [0.25, 0.3) is 5.76 Å². The Balaban J connectivity index is 3.11. The highest BCUT2D eigenvalue weighted by molar-refractivity contribution is 5.78. The summed E-state index contributed by atoms with van der Waals surface area (Å²) in [4.78, 5) is 4.21. The molecule has 112 valence electrons. The minimum absolute atomic E-state index is 0.708. The lowest BCUT2D eigenvalue weighted by molar-refractivity contribution is 0.408. The summed E-state index contributed by atoms with van der Waals surface area (Å²) in [5, 5.41) is 0. The zero-order valence-corrected chi connectivity index (χ0v) is 13.2. The molecule has 0 bridgehead atoms. The number of rotatable bonds is 7. The molecule has 0 aliphatic rings. The molecular formula is C18H23NO2. The smallest absolute Gasteiger partial charge is 0.140 e. The number of nitrogens with zero attached hydrogens (tertiary/aromatic N) is 1. The summed E-state index contributed by atoms with van der Waals surface area (Å²) in [6.07, 6.45) is 7.17. The van der Waals surface area contributed by atoms with E-state index in [4.69, 9.17) is 9.47 Å². The van der Waals surface area contributed by atoms with Crippen molar-refractivity contribution in [1.82, 2.24) is 0 Å². The molecule has 0 atom stereocenters. The molecule has 1 aromatic carbocycles. The minimum Gasteiger partial charge on any atom is -0.497 e. The van der Waals surface area contributed by atoms with E-state index in [2.05, 4.69) is 11.6 Å². The molecule has 0 aromatic heterocycles. The summed E-state index contributed by atoms with van der Waals surface area (Å²) < 4.78 is 11.2. The van der Waals surface area contributed by atoms with Crippen LogP contribution in [0.1, 0.15) is 25.0 Å². The van der Waals surface area contributed by atoms with Crippen molar-refractivity contribution >= 4 is 12.0 Å². The summed E-state index contributed by atoms with van der Waals surface area (Å²) in [6, 6.07) is 5.87. The Morgan fingerprint density at radius 1 is 1.38 bits per heavy atom. The van der Waals surface area contributed by atoms with Gasteiger partial charge in [0.25, 0.3) is 0 Å². The molecule has 0 aliphatic heterocycles. The quantitative estimate of drug-likeness (QED) is 0.418. The first-order valence-electron chi connectivity index (χ1n) is 6.98. The van der Waals surface area contributed by atoms with Crippen LogP contribution in [0.2, 0.25) is 0 Å². The molecule has 1 aromatic rings. The van der Waals surface area contributed by atoms with Crippen LogP contribution < -0.4 is 4.74 Å². The van der Waals surface area contributed by atoms with Crippen molar-refractivity contribution in [2.24, 2.45) is 4.99 Å². The SMILES string of the molecule is C=C/C=C(/O/C(C=NCC)=C/C)c1ccc(OC)cc1C. The first-order chi connectivity index (χ1) is 10.2. The lowest BCUT2D eigenvalue weighted by atomic mass is 10.1. The Labute approximate surface area is 127 Å². The van der Waals surface area contributed by atoms with Gasteiger partial charge in [-0.05, 0) is 56.7 Å². The van der Waals surface area contributed by atoms with E-state index in [9.17, 15) is 0 Å². The maximum absolute atomic E-state index is 5.94. The zero-order chi connectivity index (χ0) is 15.7. The molecule has 0 heterocycles. The second-order valence-electron chi connectivity index (χ2n) is 4.37. The Kier molecular flexibility index (Phi) is 7.02. The van der Waals surface area contributed by atoms with Gasteiger partial charge in [0.15, 0.2) is 0 Å². The highest BCUT2D eigenvalue weighted by Gasteiger charge is 2.09. The van der Waals surface area contributed by atoms with Gasteiger partial charge in [-0.1, -0.05) is 12.7 Å². The number of allylic oxidation sites excluding steroid dienone is 4. The number of benzene rings is 1. The number of ether oxygens (including phenoxy) is 2. The van der Waals surface area contributed by atoms with Crippen molar-refractivity contribution in [2.45, 2.75) is 20.8 Å². The van der Waals surface area contributed by atoms with Gasteiger partial charge in [-0.3, -0.25) is 4.99 Å². The van der Waals surface area contributed by atoms with Crippen molar-refractivity contribution in [3.05, 3.63) is 59.9 Å². The maximum atomic E-state index is 5.94. The molecule has 0 spiro atoms. The second-order valence-corrected chi connectivity index (χ2v) is 4.37. The molecule has 0 fully saturated rings. The number of aryl methyl sites for hydroxylation is 1. The summed E-state index contributed by atoms with van der Waals surface area (Å²) in [7, 11) is 1.66. The predicted octanol–water partition coefficient (Wildman–Crippen LogP) is 4.54. The van der Waals surface area contributed by atoms with Gasteiger partial charge < -0.3 is 9.47 Å². The number of aliphatic imine (C=N–C) groups is 1. The third-order valence-electron chi connectivity index (χ3n) is 2.88. The van der Waals surface area contributed by atoms with E-state index in [1.165, 1.54) is 0 Å². The predicted molar refractivity (Wildman–Crippen MR) is 89.8 cm³/mol. The van der Waals surface area contributed by atoms with E-state index in [-0.39, 0.29) is 0 Å². The number of hydrogen-bond donors (Lipinski definition) is 0. The fourth-order valence-corrected chi connectivity index (χ4v) is 1.79. The minimum atomic E-state index is 0.708. The molecule has 0 amide bonds. The molecular weight excluding hydrogens is 262 g/mol. The third kappa shape index (κ3) is 4.95. The lowest BCUT2D eigenvalue weighted by Crippen LogP contribution is -1.98. The van der Waals surface area contributed by atoms with Crippen LogP contribution in [0.4, 0.5) is 0 Å². The molecule has 0 unspecified atom stereocenters. The van der Waals surface area contributed by atoms with Crippen LogP contribution in [0.3, 0.4) is 0 Å². The van der Waals surface area contributed by atoms with Crippen LogP contribution in [-0.2, 0) is 4.74 Å². The van der Waals surface area contributed by atoms with Crippen molar-refractivity contribution in [1.29, 1.82) is 0 Å². The Morgan fingerprint density at radius 2 is 2.14 bits per heavy atom. The summed E-state index contributed by atoms with van der Waals surface area (Å²) >= 11 is 0. The Morgan fingerprint density at radius 3 is 2.67 bits per heavy atom. The van der Waals surface area contributed by atoms with Crippen LogP contribution in [0, 0.1) is 6.92 Å². The standard InChI is InChI=1S/C18H23NO2/c1-6-9-18(21-15(7-2)13-19-8-3)17-11-10-16(20-5)12-14(17)4/h6-7,9-13H,1,8H2,2-5H3/b15-7+,18-9+,19-13?. The summed E-state index contributed by atoms with van der Waals surface area (Å²) in [6.45, 7) is 10.4. The van der Waals surface area contributed by atoms with E-state index >= 15 is 0 Å². The fourth-order valence-electron chi connectivity index (χ4n) is 1.79. The normalized spacial score (nSPS) is 12.6. The summed E-state index contributed by atoms with van der Waals surface area (Å²) in [5.74, 6) is 2.27. The molecule has 3 nitrogen and oxygen atoms in total. The topological polar surface area (TPSA) is 30.8 Å². The van der Waals surface area contributed by atoms with Gasteiger partial charge in [0.05, 0.1) is 13.3 Å². The largest absolute Gasteiger partial charge is 0.497 e. The van der Waals surface area contributed by atoms with Crippen molar-refractivity contribution < 1.29 is 9.47 Å². The van der Waals surface area contributed by atoms with Crippen molar-refractivity contribution in [3.63, 3.8) is 0 Å². The lowest BCUT2D eigenvalue weighted by Gasteiger charge is -2.13. The number of methoxy groups -OCH3 is 1. The average Bonchev–Trinajstić information content (AvgIpc) is 2.50. The fraction of sp³-hybridized carbons (Fsp3) is 0.278.